The molecular weight excluding hydrogens is 246 g/mol. The average molecular weight is 259 g/mol. The van der Waals surface area contributed by atoms with Gasteiger partial charge < -0.3 is 9.64 Å². The number of ether oxygens (including phenoxy) is 1. The number of benzene rings is 1. The van der Waals surface area contributed by atoms with Crippen LogP contribution in [-0.2, 0) is 0 Å². The Hall–Kier alpha value is -2.29. The molecule has 98 valence electrons. The maximum atomic E-state index is 10.9. The lowest BCUT2D eigenvalue weighted by Crippen LogP contribution is -2.46. The maximum Gasteiger partial charge on any atom is 0.291 e. The summed E-state index contributed by atoms with van der Waals surface area (Å²) in [4.78, 5) is 12.6. The van der Waals surface area contributed by atoms with Crippen LogP contribution in [0.3, 0.4) is 0 Å². The van der Waals surface area contributed by atoms with Crippen molar-refractivity contribution in [3.8, 4) is 11.8 Å². The molecule has 0 aromatic heterocycles. The van der Waals surface area contributed by atoms with Crippen molar-refractivity contribution in [1.82, 2.24) is 0 Å². The van der Waals surface area contributed by atoms with Gasteiger partial charge in [0.25, 0.3) is 5.69 Å². The van der Waals surface area contributed by atoms with Crippen LogP contribution in [0, 0.1) is 21.4 Å². The zero-order valence-corrected chi connectivity index (χ0v) is 10.3. The van der Waals surface area contributed by atoms with Crippen LogP contribution < -0.4 is 9.64 Å². The Morgan fingerprint density at radius 1 is 1.47 bits per heavy atom. The first kappa shape index (κ1) is 11.8. The molecule has 0 amide bonds. The molecule has 2 aliphatic heterocycles. The highest BCUT2D eigenvalue weighted by Gasteiger charge is 2.33. The lowest BCUT2D eigenvalue weighted by Gasteiger charge is -2.41. The van der Waals surface area contributed by atoms with Crippen LogP contribution in [-0.4, -0.2) is 24.1 Å². The SMILES string of the molecule is N#Cc1c([N+](=O)[O-])ccc2c1OC[C@H]1CCCCN21. The van der Waals surface area contributed by atoms with E-state index in [4.69, 9.17) is 10.00 Å². The van der Waals surface area contributed by atoms with Gasteiger partial charge in [0.05, 0.1) is 16.7 Å². The Morgan fingerprint density at radius 3 is 3.05 bits per heavy atom. The monoisotopic (exact) mass is 259 g/mol. The zero-order chi connectivity index (χ0) is 13.4. The fraction of sp³-hybridized carbons (Fsp3) is 0.462. The highest BCUT2D eigenvalue weighted by Crippen LogP contribution is 2.42. The van der Waals surface area contributed by atoms with Gasteiger partial charge in [0.2, 0.25) is 0 Å². The summed E-state index contributed by atoms with van der Waals surface area (Å²) in [6.45, 7) is 1.42. The summed E-state index contributed by atoms with van der Waals surface area (Å²) >= 11 is 0. The fourth-order valence-electron chi connectivity index (χ4n) is 2.86. The summed E-state index contributed by atoms with van der Waals surface area (Å²) < 4.78 is 5.64. The van der Waals surface area contributed by atoms with Gasteiger partial charge in [-0.15, -0.1) is 0 Å². The molecule has 0 N–H and O–H groups in total. The summed E-state index contributed by atoms with van der Waals surface area (Å²) in [5.74, 6) is 0.370. The second-order valence-electron chi connectivity index (χ2n) is 4.83. The Balaban J connectivity index is 2.11. The number of rotatable bonds is 1. The number of hydrogen-bond donors (Lipinski definition) is 0. The van der Waals surface area contributed by atoms with Crippen molar-refractivity contribution in [2.75, 3.05) is 18.1 Å². The molecule has 2 aliphatic rings. The lowest BCUT2D eigenvalue weighted by atomic mass is 9.98. The average Bonchev–Trinajstić information content (AvgIpc) is 2.45. The molecule has 19 heavy (non-hydrogen) atoms. The van der Waals surface area contributed by atoms with E-state index in [-0.39, 0.29) is 11.3 Å². The van der Waals surface area contributed by atoms with Gasteiger partial charge in [-0.3, -0.25) is 10.1 Å². The standard InChI is InChI=1S/C13H13N3O3/c14-7-10-11(16(17)18)4-5-12-13(10)19-8-9-3-1-2-6-15(9)12/h4-5,9H,1-3,6,8H2/t9-/m1/s1. The third-order valence-corrected chi connectivity index (χ3v) is 3.78. The summed E-state index contributed by atoms with van der Waals surface area (Å²) in [7, 11) is 0. The predicted molar refractivity (Wildman–Crippen MR) is 68.3 cm³/mol. The Morgan fingerprint density at radius 2 is 2.32 bits per heavy atom. The third-order valence-electron chi connectivity index (χ3n) is 3.78. The molecule has 2 heterocycles. The van der Waals surface area contributed by atoms with E-state index in [0.29, 0.717) is 18.4 Å². The molecule has 6 heteroatoms. The van der Waals surface area contributed by atoms with Crippen molar-refractivity contribution in [2.45, 2.75) is 25.3 Å². The molecule has 0 unspecified atom stereocenters. The highest BCUT2D eigenvalue weighted by atomic mass is 16.6. The first-order valence-electron chi connectivity index (χ1n) is 6.33. The Kier molecular flexibility index (Phi) is 2.75. The van der Waals surface area contributed by atoms with Crippen molar-refractivity contribution in [3.63, 3.8) is 0 Å². The van der Waals surface area contributed by atoms with Crippen molar-refractivity contribution >= 4 is 11.4 Å². The largest absolute Gasteiger partial charge is 0.488 e. The Bertz CT molecular complexity index is 579. The van der Waals surface area contributed by atoms with E-state index < -0.39 is 4.92 Å². The molecule has 0 aliphatic carbocycles. The van der Waals surface area contributed by atoms with Gasteiger partial charge in [-0.05, 0) is 25.3 Å². The zero-order valence-electron chi connectivity index (χ0n) is 10.3. The van der Waals surface area contributed by atoms with Crippen LogP contribution in [0.4, 0.5) is 11.4 Å². The quantitative estimate of drug-likeness (QED) is 0.570. The van der Waals surface area contributed by atoms with Crippen molar-refractivity contribution in [3.05, 3.63) is 27.8 Å². The van der Waals surface area contributed by atoms with E-state index in [9.17, 15) is 10.1 Å². The van der Waals surface area contributed by atoms with E-state index in [0.717, 1.165) is 25.1 Å². The first-order chi connectivity index (χ1) is 9.22. The molecule has 1 aromatic rings. The molecule has 1 fully saturated rings. The summed E-state index contributed by atoms with van der Waals surface area (Å²) in [5.41, 5.74) is 0.668. The molecule has 1 aromatic carbocycles. The molecule has 0 radical (unpaired) electrons. The van der Waals surface area contributed by atoms with Crippen LogP contribution in [0.25, 0.3) is 0 Å². The minimum absolute atomic E-state index is 0.0338. The smallest absolute Gasteiger partial charge is 0.291 e. The molecule has 1 atom stereocenters. The summed E-state index contributed by atoms with van der Waals surface area (Å²) in [6.07, 6.45) is 3.35. The summed E-state index contributed by atoms with van der Waals surface area (Å²) in [6, 6.07) is 5.34. The van der Waals surface area contributed by atoms with Crippen LogP contribution >= 0.6 is 0 Å². The van der Waals surface area contributed by atoms with E-state index in [1.165, 1.54) is 12.5 Å². The van der Waals surface area contributed by atoms with E-state index in [2.05, 4.69) is 4.90 Å². The number of hydrogen-bond acceptors (Lipinski definition) is 5. The number of fused-ring (bicyclic) bond motifs is 3. The molecule has 0 bridgehead atoms. The Labute approximate surface area is 110 Å². The molecule has 0 saturated carbocycles. The molecule has 1 saturated heterocycles. The second-order valence-corrected chi connectivity index (χ2v) is 4.83. The predicted octanol–water partition coefficient (Wildman–Crippen LogP) is 2.22. The topological polar surface area (TPSA) is 79.4 Å². The molecule has 6 nitrogen and oxygen atoms in total. The number of nitro benzene ring substituents is 1. The van der Waals surface area contributed by atoms with Crippen LogP contribution in [0.1, 0.15) is 24.8 Å². The number of anilines is 1. The fourth-order valence-corrected chi connectivity index (χ4v) is 2.86. The van der Waals surface area contributed by atoms with Crippen LogP contribution in [0.5, 0.6) is 5.75 Å². The van der Waals surface area contributed by atoms with Gasteiger partial charge >= 0.3 is 0 Å². The van der Waals surface area contributed by atoms with Crippen molar-refractivity contribution in [2.24, 2.45) is 0 Å². The minimum atomic E-state index is -0.537. The summed E-state index contributed by atoms with van der Waals surface area (Å²) in [5, 5.41) is 20.1. The van der Waals surface area contributed by atoms with Crippen molar-refractivity contribution in [1.29, 1.82) is 5.26 Å². The normalized spacial score (nSPS) is 20.8. The van der Waals surface area contributed by atoms with E-state index >= 15 is 0 Å². The highest BCUT2D eigenvalue weighted by molar-refractivity contribution is 5.72. The van der Waals surface area contributed by atoms with E-state index in [1.54, 1.807) is 6.07 Å². The van der Waals surface area contributed by atoms with Crippen molar-refractivity contribution < 1.29 is 9.66 Å². The van der Waals surface area contributed by atoms with Gasteiger partial charge in [0.15, 0.2) is 11.3 Å². The van der Waals surface area contributed by atoms with Gasteiger partial charge in [0.1, 0.15) is 12.7 Å². The maximum absolute atomic E-state index is 10.9. The minimum Gasteiger partial charge on any atom is -0.488 e. The van der Waals surface area contributed by atoms with Crippen LogP contribution in [0.15, 0.2) is 12.1 Å². The van der Waals surface area contributed by atoms with Gasteiger partial charge in [-0.25, -0.2) is 0 Å². The number of nitro groups is 1. The molecule has 0 spiro atoms. The van der Waals surface area contributed by atoms with Crippen LogP contribution in [0.2, 0.25) is 0 Å². The molecular formula is C13H13N3O3. The third kappa shape index (κ3) is 1.78. The lowest BCUT2D eigenvalue weighted by molar-refractivity contribution is -0.385. The first-order valence-corrected chi connectivity index (χ1v) is 6.33. The van der Waals surface area contributed by atoms with E-state index in [1.807, 2.05) is 6.07 Å². The number of nitriles is 1. The van der Waals surface area contributed by atoms with Gasteiger partial charge in [-0.1, -0.05) is 0 Å². The van der Waals surface area contributed by atoms with Gasteiger partial charge in [0, 0.05) is 12.6 Å². The van der Waals surface area contributed by atoms with Gasteiger partial charge in [-0.2, -0.15) is 5.26 Å². The second kappa shape index (κ2) is 4.43. The number of nitrogens with zero attached hydrogens (tertiary/aromatic N) is 3. The molecule has 3 rings (SSSR count). The number of piperidine rings is 1.